The van der Waals surface area contributed by atoms with Crippen LogP contribution in [0.25, 0.3) is 0 Å². The number of rotatable bonds is 6. The lowest BCUT2D eigenvalue weighted by Crippen LogP contribution is -2.36. The van der Waals surface area contributed by atoms with E-state index in [1.54, 1.807) is 26.0 Å². The van der Waals surface area contributed by atoms with Gasteiger partial charge in [0.25, 0.3) is 5.56 Å². The molecule has 1 fully saturated rings. The summed E-state index contributed by atoms with van der Waals surface area (Å²) in [6.07, 6.45) is 1.39. The van der Waals surface area contributed by atoms with Crippen molar-refractivity contribution in [3.63, 3.8) is 0 Å². The van der Waals surface area contributed by atoms with E-state index in [-0.39, 0.29) is 18.0 Å². The van der Waals surface area contributed by atoms with Crippen molar-refractivity contribution in [3.05, 3.63) is 64.0 Å². The average molecular weight is 450 g/mol. The highest BCUT2D eigenvalue weighted by Gasteiger charge is 2.14. The molecule has 0 spiro atoms. The number of anilines is 4. The normalized spacial score (nSPS) is 13.6. The fraction of sp³-hybridized carbons (Fsp3) is 0.348. The number of benzene rings is 1. The summed E-state index contributed by atoms with van der Waals surface area (Å²) in [5.41, 5.74) is 3.27. The van der Waals surface area contributed by atoms with Crippen molar-refractivity contribution in [3.8, 4) is 0 Å². The topological polar surface area (TPSA) is 114 Å². The predicted octanol–water partition coefficient (Wildman–Crippen LogP) is 2.18. The molecular formula is C23H27N7O3. The third-order valence-electron chi connectivity index (χ3n) is 5.43. The van der Waals surface area contributed by atoms with Crippen LogP contribution in [0, 0.1) is 20.8 Å². The summed E-state index contributed by atoms with van der Waals surface area (Å²) in [7, 11) is 0. The van der Waals surface area contributed by atoms with Gasteiger partial charge >= 0.3 is 0 Å². The number of aryl methyl sites for hydroxylation is 2. The van der Waals surface area contributed by atoms with E-state index < -0.39 is 0 Å². The van der Waals surface area contributed by atoms with Crippen molar-refractivity contribution in [1.29, 1.82) is 0 Å². The molecule has 2 N–H and O–H groups in total. The van der Waals surface area contributed by atoms with Crippen LogP contribution in [0.3, 0.4) is 0 Å². The summed E-state index contributed by atoms with van der Waals surface area (Å²) in [6, 6.07) is 9.19. The van der Waals surface area contributed by atoms with Crippen LogP contribution in [0.2, 0.25) is 0 Å². The highest BCUT2D eigenvalue weighted by molar-refractivity contribution is 5.90. The summed E-state index contributed by atoms with van der Waals surface area (Å²) in [5.74, 6) is 1.07. The van der Waals surface area contributed by atoms with Gasteiger partial charge in [0.2, 0.25) is 11.9 Å². The Morgan fingerprint density at radius 2 is 1.76 bits per heavy atom. The lowest BCUT2D eigenvalue weighted by molar-refractivity contribution is -0.116. The van der Waals surface area contributed by atoms with Crippen molar-refractivity contribution in [2.45, 2.75) is 27.3 Å². The average Bonchev–Trinajstić information content (AvgIpc) is 2.81. The molecular weight excluding hydrogens is 422 g/mol. The molecule has 1 aliphatic heterocycles. The van der Waals surface area contributed by atoms with E-state index in [9.17, 15) is 9.59 Å². The highest BCUT2D eigenvalue weighted by atomic mass is 16.5. The minimum absolute atomic E-state index is 0.103. The molecule has 0 atom stereocenters. The molecule has 1 saturated heterocycles. The molecule has 2 aromatic heterocycles. The zero-order valence-electron chi connectivity index (χ0n) is 19.0. The third kappa shape index (κ3) is 5.53. The smallest absolute Gasteiger partial charge is 0.256 e. The van der Waals surface area contributed by atoms with Gasteiger partial charge in [0.15, 0.2) is 0 Å². The standard InChI is InChI=1S/C23H27N7O3/c1-15-12-20(29-8-10-33-11-9-29)28-23(25-15)27-19-6-4-18(5-7-19)26-21(31)13-30-14-24-17(3)16(2)22(30)32/h4-7,12,14H,8-11,13H2,1-3H3,(H,26,31)(H,25,27,28). The molecule has 1 aromatic carbocycles. The van der Waals surface area contributed by atoms with Gasteiger partial charge in [-0.3, -0.25) is 14.2 Å². The van der Waals surface area contributed by atoms with Crippen LogP contribution in [-0.2, 0) is 16.1 Å². The first-order valence-corrected chi connectivity index (χ1v) is 10.8. The number of carbonyl (C=O) groups excluding carboxylic acids is 1. The number of hydrogen-bond donors (Lipinski definition) is 2. The van der Waals surface area contributed by atoms with E-state index in [1.165, 1.54) is 10.9 Å². The molecule has 0 unspecified atom stereocenters. The van der Waals surface area contributed by atoms with Gasteiger partial charge in [0, 0.05) is 47.5 Å². The number of nitrogens with one attached hydrogen (secondary N) is 2. The summed E-state index contributed by atoms with van der Waals surface area (Å²) in [6.45, 7) is 8.28. The minimum Gasteiger partial charge on any atom is -0.378 e. The summed E-state index contributed by atoms with van der Waals surface area (Å²) < 4.78 is 6.71. The Morgan fingerprint density at radius 3 is 2.48 bits per heavy atom. The van der Waals surface area contributed by atoms with Gasteiger partial charge in [-0.1, -0.05) is 0 Å². The molecule has 1 aliphatic rings. The van der Waals surface area contributed by atoms with Crippen LogP contribution in [0.15, 0.2) is 41.5 Å². The summed E-state index contributed by atoms with van der Waals surface area (Å²) in [4.78, 5) is 40.1. The Hall–Kier alpha value is -3.79. The fourth-order valence-electron chi connectivity index (χ4n) is 3.47. The molecule has 10 nitrogen and oxygen atoms in total. The van der Waals surface area contributed by atoms with E-state index in [1.807, 2.05) is 25.1 Å². The molecule has 0 radical (unpaired) electrons. The molecule has 172 valence electrons. The van der Waals surface area contributed by atoms with E-state index in [0.717, 1.165) is 30.3 Å². The second-order valence-electron chi connectivity index (χ2n) is 7.93. The molecule has 4 rings (SSSR count). The maximum atomic E-state index is 12.4. The molecule has 0 bridgehead atoms. The number of ether oxygens (including phenoxy) is 1. The van der Waals surface area contributed by atoms with E-state index >= 15 is 0 Å². The van der Waals surface area contributed by atoms with Crippen LogP contribution >= 0.6 is 0 Å². The summed E-state index contributed by atoms with van der Waals surface area (Å²) >= 11 is 0. The number of aromatic nitrogens is 4. The van der Waals surface area contributed by atoms with Crippen LogP contribution in [0.1, 0.15) is 17.0 Å². The Kier molecular flexibility index (Phi) is 6.64. The van der Waals surface area contributed by atoms with E-state index in [0.29, 0.717) is 36.1 Å². The van der Waals surface area contributed by atoms with Crippen molar-refractivity contribution in [1.82, 2.24) is 19.5 Å². The predicted molar refractivity (Wildman–Crippen MR) is 126 cm³/mol. The van der Waals surface area contributed by atoms with Gasteiger partial charge in [-0.15, -0.1) is 0 Å². The monoisotopic (exact) mass is 449 g/mol. The Bertz CT molecular complexity index is 1200. The van der Waals surface area contributed by atoms with Gasteiger partial charge in [0.1, 0.15) is 12.4 Å². The zero-order chi connectivity index (χ0) is 23.4. The number of morpholine rings is 1. The Labute approximate surface area is 191 Å². The van der Waals surface area contributed by atoms with Gasteiger partial charge in [-0.2, -0.15) is 4.98 Å². The van der Waals surface area contributed by atoms with Crippen LogP contribution in [0.5, 0.6) is 0 Å². The first-order chi connectivity index (χ1) is 15.9. The Morgan fingerprint density at radius 1 is 1.06 bits per heavy atom. The molecule has 0 aliphatic carbocycles. The lowest BCUT2D eigenvalue weighted by atomic mass is 10.2. The summed E-state index contributed by atoms with van der Waals surface area (Å²) in [5, 5.41) is 6.02. The third-order valence-corrected chi connectivity index (χ3v) is 5.43. The first-order valence-electron chi connectivity index (χ1n) is 10.8. The number of amides is 1. The van der Waals surface area contributed by atoms with Gasteiger partial charge < -0.3 is 20.3 Å². The van der Waals surface area contributed by atoms with E-state index in [4.69, 9.17) is 4.74 Å². The molecule has 3 heterocycles. The lowest BCUT2D eigenvalue weighted by Gasteiger charge is -2.28. The number of carbonyl (C=O) groups is 1. The minimum atomic E-state index is -0.306. The molecule has 10 heteroatoms. The van der Waals surface area contributed by atoms with Crippen molar-refractivity contribution < 1.29 is 9.53 Å². The van der Waals surface area contributed by atoms with Gasteiger partial charge in [0.05, 0.1) is 19.5 Å². The maximum absolute atomic E-state index is 12.4. The first kappa shape index (κ1) is 22.4. The van der Waals surface area contributed by atoms with Crippen LogP contribution in [-0.4, -0.2) is 51.7 Å². The molecule has 0 saturated carbocycles. The number of nitrogens with zero attached hydrogens (tertiary/aromatic N) is 5. The number of hydrogen-bond acceptors (Lipinski definition) is 8. The quantitative estimate of drug-likeness (QED) is 0.589. The second kappa shape index (κ2) is 9.78. The van der Waals surface area contributed by atoms with E-state index in [2.05, 4.69) is 30.5 Å². The Balaban J connectivity index is 1.39. The molecule has 3 aromatic rings. The fourth-order valence-corrected chi connectivity index (χ4v) is 3.47. The van der Waals surface area contributed by atoms with Crippen molar-refractivity contribution >= 4 is 29.0 Å². The van der Waals surface area contributed by atoms with Gasteiger partial charge in [-0.25, -0.2) is 9.97 Å². The SMILES string of the molecule is Cc1cc(N2CCOCC2)nc(Nc2ccc(NC(=O)Cn3cnc(C)c(C)c3=O)cc2)n1. The highest BCUT2D eigenvalue weighted by Crippen LogP contribution is 2.20. The largest absolute Gasteiger partial charge is 0.378 e. The second-order valence-corrected chi connectivity index (χ2v) is 7.93. The van der Waals surface area contributed by atoms with Crippen molar-refractivity contribution in [2.24, 2.45) is 0 Å². The van der Waals surface area contributed by atoms with Crippen LogP contribution < -0.4 is 21.1 Å². The maximum Gasteiger partial charge on any atom is 0.256 e. The van der Waals surface area contributed by atoms with Crippen molar-refractivity contribution in [2.75, 3.05) is 41.8 Å². The molecule has 1 amide bonds. The van der Waals surface area contributed by atoms with Gasteiger partial charge in [-0.05, 0) is 45.0 Å². The van der Waals surface area contributed by atoms with Crippen LogP contribution in [0.4, 0.5) is 23.1 Å². The zero-order valence-corrected chi connectivity index (χ0v) is 19.0. The molecule has 33 heavy (non-hydrogen) atoms.